The number of rotatable bonds is 4. The summed E-state index contributed by atoms with van der Waals surface area (Å²) in [4.78, 5) is 32.6. The zero-order valence-corrected chi connectivity index (χ0v) is 16.9. The predicted octanol–water partition coefficient (Wildman–Crippen LogP) is 4.99. The lowest BCUT2D eigenvalue weighted by molar-refractivity contribution is 0.0653. The van der Waals surface area contributed by atoms with Crippen molar-refractivity contribution in [2.45, 2.75) is 19.8 Å². The molecule has 0 bridgehead atoms. The summed E-state index contributed by atoms with van der Waals surface area (Å²) in [6.45, 7) is 2.94. The molecule has 1 amide bonds. The van der Waals surface area contributed by atoms with Crippen molar-refractivity contribution < 1.29 is 14.0 Å². The van der Waals surface area contributed by atoms with Gasteiger partial charge in [0.15, 0.2) is 5.78 Å². The Morgan fingerprint density at radius 1 is 1.03 bits per heavy atom. The molecule has 1 aliphatic heterocycles. The maximum absolute atomic E-state index is 13.2. The second kappa shape index (κ2) is 8.25. The number of hydrogen-bond acceptors (Lipinski definition) is 4. The highest BCUT2D eigenvalue weighted by Gasteiger charge is 2.30. The molecule has 0 radical (unpaired) electrons. The number of likely N-dealkylation sites (tertiary alicyclic amines) is 1. The third-order valence-corrected chi connectivity index (χ3v) is 6.49. The van der Waals surface area contributed by atoms with Crippen LogP contribution in [0.25, 0.3) is 10.6 Å². The van der Waals surface area contributed by atoms with E-state index in [0.29, 0.717) is 41.5 Å². The highest BCUT2D eigenvalue weighted by molar-refractivity contribution is 7.17. The summed E-state index contributed by atoms with van der Waals surface area (Å²) in [7, 11) is 0. The molecule has 1 fully saturated rings. The van der Waals surface area contributed by atoms with Gasteiger partial charge >= 0.3 is 0 Å². The van der Waals surface area contributed by atoms with Crippen molar-refractivity contribution in [3.63, 3.8) is 0 Å². The quantitative estimate of drug-likeness (QED) is 0.571. The lowest BCUT2D eigenvalue weighted by Crippen LogP contribution is -2.40. The number of nitrogens with zero attached hydrogens (tertiary/aromatic N) is 2. The topological polar surface area (TPSA) is 50.3 Å². The van der Waals surface area contributed by atoms with Crippen molar-refractivity contribution in [3.05, 3.63) is 76.5 Å². The molecule has 1 aliphatic rings. The summed E-state index contributed by atoms with van der Waals surface area (Å²) < 4.78 is 13.2. The fourth-order valence-electron chi connectivity index (χ4n) is 3.64. The fourth-order valence-corrected chi connectivity index (χ4v) is 4.68. The molecule has 4 nitrogen and oxygen atoms in total. The molecule has 1 aromatic heterocycles. The van der Waals surface area contributed by atoms with Crippen LogP contribution < -0.4 is 0 Å². The molecule has 0 unspecified atom stereocenters. The molecular formula is C23H21FN2O2S. The van der Waals surface area contributed by atoms with Crippen LogP contribution in [0.4, 0.5) is 4.39 Å². The van der Waals surface area contributed by atoms with Crippen molar-refractivity contribution in [1.29, 1.82) is 0 Å². The number of Topliss-reactive ketones (excluding diaryl/α,β-unsaturated/α-hetero) is 1. The van der Waals surface area contributed by atoms with Gasteiger partial charge < -0.3 is 4.90 Å². The number of aryl methyl sites for hydroxylation is 1. The van der Waals surface area contributed by atoms with E-state index in [2.05, 4.69) is 4.98 Å². The first kappa shape index (κ1) is 19.5. The molecular weight excluding hydrogens is 387 g/mol. The van der Waals surface area contributed by atoms with Gasteiger partial charge in [0.2, 0.25) is 0 Å². The van der Waals surface area contributed by atoms with Crippen LogP contribution in [0.15, 0.2) is 54.6 Å². The van der Waals surface area contributed by atoms with Gasteiger partial charge in [0.05, 0.1) is 5.69 Å². The summed E-state index contributed by atoms with van der Waals surface area (Å²) in [5.74, 6) is -0.228. The monoisotopic (exact) mass is 408 g/mol. The normalized spacial score (nSPS) is 14.8. The predicted molar refractivity (Wildman–Crippen MR) is 112 cm³/mol. The molecule has 1 saturated heterocycles. The maximum Gasteiger partial charge on any atom is 0.265 e. The third-order valence-electron chi connectivity index (χ3n) is 5.29. The van der Waals surface area contributed by atoms with E-state index in [0.717, 1.165) is 11.1 Å². The Morgan fingerprint density at radius 2 is 1.69 bits per heavy atom. The average Bonchev–Trinajstić information content (AvgIpc) is 3.15. The summed E-state index contributed by atoms with van der Waals surface area (Å²) in [5, 5.41) is 0.708. The van der Waals surface area contributed by atoms with E-state index in [4.69, 9.17) is 0 Å². The van der Waals surface area contributed by atoms with E-state index < -0.39 is 0 Å². The Labute approximate surface area is 173 Å². The number of hydrogen-bond donors (Lipinski definition) is 0. The summed E-state index contributed by atoms with van der Waals surface area (Å²) in [6.07, 6.45) is 1.34. The lowest BCUT2D eigenvalue weighted by atomic mass is 9.89. The lowest BCUT2D eigenvalue weighted by Gasteiger charge is -2.31. The molecule has 0 aliphatic carbocycles. The number of aromatic nitrogens is 1. The molecule has 2 aromatic carbocycles. The van der Waals surface area contributed by atoms with E-state index >= 15 is 0 Å². The SMILES string of the molecule is Cc1nc(-c2ccc(F)cc2)sc1C(=O)N1CCC(C(=O)c2ccccc2)CC1. The van der Waals surface area contributed by atoms with Gasteiger partial charge in [-0.15, -0.1) is 11.3 Å². The van der Waals surface area contributed by atoms with Crippen LogP contribution in [0.1, 0.15) is 38.6 Å². The molecule has 0 spiro atoms. The molecule has 0 atom stereocenters. The van der Waals surface area contributed by atoms with E-state index in [1.54, 1.807) is 12.1 Å². The first-order chi connectivity index (χ1) is 14.0. The van der Waals surface area contributed by atoms with Gasteiger partial charge in [-0.1, -0.05) is 30.3 Å². The summed E-state index contributed by atoms with van der Waals surface area (Å²) >= 11 is 1.33. The number of benzene rings is 2. The third kappa shape index (κ3) is 4.12. The minimum absolute atomic E-state index is 0.0426. The van der Waals surface area contributed by atoms with Crippen molar-refractivity contribution in [3.8, 4) is 10.6 Å². The summed E-state index contributed by atoms with van der Waals surface area (Å²) in [6, 6.07) is 15.5. The number of ketones is 1. The van der Waals surface area contributed by atoms with Crippen LogP contribution in [-0.2, 0) is 0 Å². The van der Waals surface area contributed by atoms with Crippen molar-refractivity contribution in [2.24, 2.45) is 5.92 Å². The standard InChI is InChI=1S/C23H21FN2O2S/c1-15-21(29-22(25-15)18-7-9-19(24)10-8-18)23(28)26-13-11-17(12-14-26)20(27)16-5-3-2-4-6-16/h2-10,17H,11-14H2,1H3. The largest absolute Gasteiger partial charge is 0.338 e. The Bertz CT molecular complexity index is 1020. The second-order valence-electron chi connectivity index (χ2n) is 7.24. The number of piperidine rings is 1. The van der Waals surface area contributed by atoms with Gasteiger partial charge in [0.25, 0.3) is 5.91 Å². The molecule has 148 valence electrons. The van der Waals surface area contributed by atoms with Gasteiger partial charge in [0, 0.05) is 30.1 Å². The highest BCUT2D eigenvalue weighted by Crippen LogP contribution is 2.30. The van der Waals surface area contributed by atoms with Gasteiger partial charge in [-0.2, -0.15) is 0 Å². The van der Waals surface area contributed by atoms with E-state index in [1.807, 2.05) is 42.2 Å². The van der Waals surface area contributed by atoms with Crippen LogP contribution in [0, 0.1) is 18.7 Å². The summed E-state index contributed by atoms with van der Waals surface area (Å²) in [5.41, 5.74) is 2.21. The Hall–Kier alpha value is -2.86. The zero-order valence-electron chi connectivity index (χ0n) is 16.1. The molecule has 2 heterocycles. The molecule has 0 saturated carbocycles. The minimum Gasteiger partial charge on any atom is -0.338 e. The van der Waals surface area contributed by atoms with Crippen LogP contribution in [0.3, 0.4) is 0 Å². The second-order valence-corrected chi connectivity index (χ2v) is 8.24. The van der Waals surface area contributed by atoms with Gasteiger partial charge in [0.1, 0.15) is 15.7 Å². The smallest absolute Gasteiger partial charge is 0.265 e. The average molecular weight is 408 g/mol. The molecule has 29 heavy (non-hydrogen) atoms. The Balaban J connectivity index is 1.43. The van der Waals surface area contributed by atoms with E-state index in [9.17, 15) is 14.0 Å². The first-order valence-electron chi connectivity index (χ1n) is 9.65. The van der Waals surface area contributed by atoms with E-state index in [1.165, 1.54) is 23.5 Å². The van der Waals surface area contributed by atoms with Crippen molar-refractivity contribution in [1.82, 2.24) is 9.88 Å². The number of carbonyl (C=O) groups is 2. The highest BCUT2D eigenvalue weighted by atomic mass is 32.1. The van der Waals surface area contributed by atoms with E-state index in [-0.39, 0.29) is 23.4 Å². The molecule has 0 N–H and O–H groups in total. The van der Waals surface area contributed by atoms with Crippen LogP contribution in [0.5, 0.6) is 0 Å². The van der Waals surface area contributed by atoms with Crippen LogP contribution in [-0.4, -0.2) is 34.7 Å². The number of carbonyl (C=O) groups excluding carboxylic acids is 2. The Morgan fingerprint density at radius 3 is 2.34 bits per heavy atom. The molecule has 4 rings (SSSR count). The molecule has 6 heteroatoms. The van der Waals surface area contributed by atoms with Crippen molar-refractivity contribution in [2.75, 3.05) is 13.1 Å². The van der Waals surface area contributed by atoms with Gasteiger partial charge in [-0.3, -0.25) is 9.59 Å². The fraction of sp³-hybridized carbons (Fsp3) is 0.261. The number of amides is 1. The zero-order chi connectivity index (χ0) is 20.4. The van der Waals surface area contributed by atoms with Gasteiger partial charge in [-0.25, -0.2) is 9.37 Å². The minimum atomic E-state index is -0.300. The number of thiazole rings is 1. The Kier molecular flexibility index (Phi) is 5.53. The first-order valence-corrected chi connectivity index (χ1v) is 10.5. The van der Waals surface area contributed by atoms with Crippen LogP contribution >= 0.6 is 11.3 Å². The van der Waals surface area contributed by atoms with Crippen LogP contribution in [0.2, 0.25) is 0 Å². The van der Waals surface area contributed by atoms with Gasteiger partial charge in [-0.05, 0) is 44.0 Å². The molecule has 3 aromatic rings. The van der Waals surface area contributed by atoms with Crippen molar-refractivity contribution >= 4 is 23.0 Å². The maximum atomic E-state index is 13.2. The number of halogens is 1.